The van der Waals surface area contributed by atoms with E-state index in [0.29, 0.717) is 0 Å². The second kappa shape index (κ2) is 7.58. The molecule has 0 bridgehead atoms. The number of hydrogen-bond acceptors (Lipinski definition) is 3. The van der Waals surface area contributed by atoms with Crippen LogP contribution in [0.3, 0.4) is 0 Å². The summed E-state index contributed by atoms with van der Waals surface area (Å²) < 4.78 is 0. The quantitative estimate of drug-likeness (QED) is 0.457. The SMILES string of the molecule is CCCc1ccc2c(Nc3cc(C)ccc3-c3ccccc3)ccnc2n1. The Morgan fingerprint density at radius 1 is 0.889 bits per heavy atom. The highest BCUT2D eigenvalue weighted by Crippen LogP contribution is 2.33. The summed E-state index contributed by atoms with van der Waals surface area (Å²) in [5, 5.41) is 4.67. The zero-order valence-electron chi connectivity index (χ0n) is 15.7. The number of nitrogens with zero attached hydrogens (tertiary/aromatic N) is 2. The molecule has 3 heteroatoms. The summed E-state index contributed by atoms with van der Waals surface area (Å²) in [5.74, 6) is 0. The van der Waals surface area contributed by atoms with Gasteiger partial charge in [-0.3, -0.25) is 0 Å². The van der Waals surface area contributed by atoms with Crippen LogP contribution in [0.2, 0.25) is 0 Å². The van der Waals surface area contributed by atoms with Crippen molar-refractivity contribution in [3.8, 4) is 11.1 Å². The number of anilines is 2. The molecule has 0 aliphatic heterocycles. The summed E-state index contributed by atoms with van der Waals surface area (Å²) in [6.07, 6.45) is 3.89. The lowest BCUT2D eigenvalue weighted by Gasteiger charge is -2.15. The van der Waals surface area contributed by atoms with E-state index in [1.807, 2.05) is 18.3 Å². The number of benzene rings is 2. The third-order valence-electron chi connectivity index (χ3n) is 4.70. The molecule has 27 heavy (non-hydrogen) atoms. The van der Waals surface area contributed by atoms with Crippen LogP contribution in [0.4, 0.5) is 11.4 Å². The van der Waals surface area contributed by atoms with E-state index in [1.54, 1.807) is 0 Å². The first-order valence-corrected chi connectivity index (χ1v) is 9.42. The van der Waals surface area contributed by atoms with Gasteiger partial charge in [0.15, 0.2) is 5.65 Å². The Bertz CT molecular complexity index is 1070. The van der Waals surface area contributed by atoms with E-state index < -0.39 is 0 Å². The molecule has 2 aromatic carbocycles. The number of pyridine rings is 2. The van der Waals surface area contributed by atoms with Gasteiger partial charge in [0.1, 0.15) is 0 Å². The van der Waals surface area contributed by atoms with Crippen LogP contribution in [-0.4, -0.2) is 9.97 Å². The minimum atomic E-state index is 0.792. The second-order valence-electron chi connectivity index (χ2n) is 6.82. The van der Waals surface area contributed by atoms with Crippen molar-refractivity contribution in [1.82, 2.24) is 9.97 Å². The van der Waals surface area contributed by atoms with Crippen molar-refractivity contribution in [2.24, 2.45) is 0 Å². The Balaban J connectivity index is 1.77. The molecular formula is C24H23N3. The predicted molar refractivity (Wildman–Crippen MR) is 113 cm³/mol. The van der Waals surface area contributed by atoms with Crippen LogP contribution >= 0.6 is 0 Å². The topological polar surface area (TPSA) is 37.8 Å². The molecule has 0 spiro atoms. The van der Waals surface area contributed by atoms with Gasteiger partial charge < -0.3 is 5.32 Å². The molecule has 0 radical (unpaired) electrons. The Morgan fingerprint density at radius 3 is 2.56 bits per heavy atom. The lowest BCUT2D eigenvalue weighted by molar-refractivity contribution is 0.887. The van der Waals surface area contributed by atoms with Crippen molar-refractivity contribution in [3.05, 3.63) is 84.2 Å². The average Bonchev–Trinajstić information content (AvgIpc) is 2.69. The van der Waals surface area contributed by atoms with Crippen molar-refractivity contribution in [2.45, 2.75) is 26.7 Å². The number of aryl methyl sites for hydroxylation is 2. The largest absolute Gasteiger partial charge is 0.354 e. The van der Waals surface area contributed by atoms with Crippen LogP contribution in [0.1, 0.15) is 24.6 Å². The maximum Gasteiger partial charge on any atom is 0.161 e. The molecule has 134 valence electrons. The molecule has 0 saturated carbocycles. The number of rotatable bonds is 5. The molecule has 0 aliphatic rings. The van der Waals surface area contributed by atoms with Crippen LogP contribution in [0, 0.1) is 6.92 Å². The second-order valence-corrected chi connectivity index (χ2v) is 6.82. The number of fused-ring (bicyclic) bond motifs is 1. The molecule has 1 N–H and O–H groups in total. The standard InChI is InChI=1S/C24H23N3/c1-3-7-19-11-13-21-22(14-15-25-24(21)26-19)27-23-16-17(2)10-12-20(23)18-8-5-4-6-9-18/h4-6,8-16H,3,7H2,1-2H3,(H,25,26,27). The smallest absolute Gasteiger partial charge is 0.161 e. The first kappa shape index (κ1) is 17.2. The first-order chi connectivity index (χ1) is 13.2. The highest BCUT2D eigenvalue weighted by Gasteiger charge is 2.09. The highest BCUT2D eigenvalue weighted by atomic mass is 14.9. The van der Waals surface area contributed by atoms with Gasteiger partial charge in [0, 0.05) is 28.5 Å². The molecule has 2 heterocycles. The number of hydrogen-bond donors (Lipinski definition) is 1. The monoisotopic (exact) mass is 353 g/mol. The van der Waals surface area contributed by atoms with Gasteiger partial charge in [-0.2, -0.15) is 0 Å². The molecule has 0 amide bonds. The molecular weight excluding hydrogens is 330 g/mol. The molecule has 0 atom stereocenters. The molecule has 0 aliphatic carbocycles. The van der Waals surface area contributed by atoms with Gasteiger partial charge in [0.2, 0.25) is 0 Å². The maximum absolute atomic E-state index is 4.71. The van der Waals surface area contributed by atoms with Crippen LogP contribution in [0.15, 0.2) is 72.9 Å². The molecule has 0 unspecified atom stereocenters. The minimum Gasteiger partial charge on any atom is -0.354 e. The fourth-order valence-electron chi connectivity index (χ4n) is 3.35. The normalized spacial score (nSPS) is 10.9. The molecule has 4 rings (SSSR count). The summed E-state index contributed by atoms with van der Waals surface area (Å²) in [4.78, 5) is 9.19. The van der Waals surface area contributed by atoms with Gasteiger partial charge in [0.25, 0.3) is 0 Å². The predicted octanol–water partition coefficient (Wildman–Crippen LogP) is 6.30. The summed E-state index contributed by atoms with van der Waals surface area (Å²) in [7, 11) is 0. The van der Waals surface area contributed by atoms with Crippen LogP contribution in [0.5, 0.6) is 0 Å². The average molecular weight is 353 g/mol. The molecule has 3 nitrogen and oxygen atoms in total. The van der Waals surface area contributed by atoms with Crippen molar-refractivity contribution >= 4 is 22.4 Å². The zero-order chi connectivity index (χ0) is 18.6. The summed E-state index contributed by atoms with van der Waals surface area (Å²) in [6.45, 7) is 4.28. The lowest BCUT2D eigenvalue weighted by Crippen LogP contribution is -1.98. The zero-order valence-corrected chi connectivity index (χ0v) is 15.7. The van der Waals surface area contributed by atoms with E-state index in [-0.39, 0.29) is 0 Å². The minimum absolute atomic E-state index is 0.792. The van der Waals surface area contributed by atoms with Crippen molar-refractivity contribution < 1.29 is 0 Å². The van der Waals surface area contributed by atoms with E-state index in [0.717, 1.165) is 40.9 Å². The van der Waals surface area contributed by atoms with Crippen LogP contribution in [0.25, 0.3) is 22.2 Å². The van der Waals surface area contributed by atoms with E-state index >= 15 is 0 Å². The van der Waals surface area contributed by atoms with Gasteiger partial charge in [0.05, 0.1) is 5.69 Å². The number of nitrogens with one attached hydrogen (secondary N) is 1. The molecule has 2 aromatic heterocycles. The van der Waals surface area contributed by atoms with Crippen molar-refractivity contribution in [1.29, 1.82) is 0 Å². The van der Waals surface area contributed by atoms with E-state index in [2.05, 4.69) is 78.7 Å². The highest BCUT2D eigenvalue weighted by molar-refractivity contribution is 5.93. The van der Waals surface area contributed by atoms with E-state index in [4.69, 9.17) is 4.98 Å². The van der Waals surface area contributed by atoms with E-state index in [1.165, 1.54) is 16.7 Å². The van der Waals surface area contributed by atoms with Crippen LogP contribution < -0.4 is 5.32 Å². The molecule has 0 saturated heterocycles. The lowest BCUT2D eigenvalue weighted by atomic mass is 10.0. The van der Waals surface area contributed by atoms with Crippen molar-refractivity contribution in [2.75, 3.05) is 5.32 Å². The third kappa shape index (κ3) is 3.68. The fourth-order valence-corrected chi connectivity index (χ4v) is 3.35. The number of aromatic nitrogens is 2. The van der Waals surface area contributed by atoms with Gasteiger partial charge in [-0.15, -0.1) is 0 Å². The van der Waals surface area contributed by atoms with Gasteiger partial charge in [-0.25, -0.2) is 9.97 Å². The molecule has 4 aromatic rings. The van der Waals surface area contributed by atoms with E-state index in [9.17, 15) is 0 Å². The Kier molecular flexibility index (Phi) is 4.84. The maximum atomic E-state index is 4.71. The summed E-state index contributed by atoms with van der Waals surface area (Å²) in [6, 6.07) is 23.2. The summed E-state index contributed by atoms with van der Waals surface area (Å²) >= 11 is 0. The molecule has 0 fully saturated rings. The summed E-state index contributed by atoms with van der Waals surface area (Å²) in [5.41, 5.74) is 7.60. The van der Waals surface area contributed by atoms with Gasteiger partial charge in [-0.1, -0.05) is 55.8 Å². The third-order valence-corrected chi connectivity index (χ3v) is 4.70. The Hall–Kier alpha value is -3.20. The Labute approximate surface area is 160 Å². The first-order valence-electron chi connectivity index (χ1n) is 9.42. The van der Waals surface area contributed by atoms with Gasteiger partial charge >= 0.3 is 0 Å². The Morgan fingerprint density at radius 2 is 1.74 bits per heavy atom. The van der Waals surface area contributed by atoms with Crippen molar-refractivity contribution in [3.63, 3.8) is 0 Å². The van der Waals surface area contributed by atoms with Gasteiger partial charge in [-0.05, 0) is 48.7 Å². The van der Waals surface area contributed by atoms with Crippen LogP contribution in [-0.2, 0) is 6.42 Å². The fraction of sp³-hybridized carbons (Fsp3) is 0.167.